The van der Waals surface area contributed by atoms with Crippen molar-refractivity contribution in [1.29, 1.82) is 0 Å². The quantitative estimate of drug-likeness (QED) is 0.821. The van der Waals surface area contributed by atoms with Gasteiger partial charge in [-0.25, -0.2) is 0 Å². The summed E-state index contributed by atoms with van der Waals surface area (Å²) in [5.41, 5.74) is 2.50. The fraction of sp³-hybridized carbons (Fsp3) is 0.167. The molecule has 0 bridgehead atoms. The molecule has 1 heterocycles. The van der Waals surface area contributed by atoms with Crippen molar-refractivity contribution in [2.45, 2.75) is 13.3 Å². The van der Waals surface area contributed by atoms with E-state index in [1.807, 2.05) is 6.92 Å². The number of anilines is 1. The van der Waals surface area contributed by atoms with Gasteiger partial charge in [-0.05, 0) is 36.8 Å². The van der Waals surface area contributed by atoms with Crippen molar-refractivity contribution in [3.8, 4) is 11.5 Å². The molecule has 2 N–H and O–H groups in total. The lowest BCUT2D eigenvalue weighted by Crippen LogP contribution is -2.03. The first-order valence-electron chi connectivity index (χ1n) is 7.37. The first kappa shape index (κ1) is 15.4. The van der Waals surface area contributed by atoms with E-state index in [9.17, 15) is 9.90 Å². The molecule has 1 amide bonds. The average molecular weight is 330 g/mol. The highest BCUT2D eigenvalue weighted by Gasteiger charge is 2.24. The minimum absolute atomic E-state index is 0.0707. The van der Waals surface area contributed by atoms with Gasteiger partial charge in [0.25, 0.3) is 5.91 Å². The number of carbonyl (C=O) groups excluding carboxylic acids is 1. The lowest BCUT2D eigenvalue weighted by Gasteiger charge is -2.07. The van der Waals surface area contributed by atoms with Crippen LogP contribution < -0.4 is 10.1 Å². The summed E-state index contributed by atoms with van der Waals surface area (Å²) >= 11 is 5.94. The number of benzene rings is 2. The zero-order chi connectivity index (χ0) is 16.4. The zero-order valence-electron chi connectivity index (χ0n) is 12.6. The Morgan fingerprint density at radius 2 is 2.09 bits per heavy atom. The van der Waals surface area contributed by atoms with Gasteiger partial charge < -0.3 is 15.2 Å². The molecular formula is C18H16ClNO3. The maximum atomic E-state index is 12.1. The molecule has 0 aromatic heterocycles. The van der Waals surface area contributed by atoms with Crippen molar-refractivity contribution in [2.75, 3.05) is 11.9 Å². The second kappa shape index (κ2) is 6.34. The minimum Gasteiger partial charge on any atom is -0.507 e. The van der Waals surface area contributed by atoms with Crippen LogP contribution in [0.3, 0.4) is 0 Å². The van der Waals surface area contributed by atoms with Gasteiger partial charge in [0.1, 0.15) is 11.5 Å². The Morgan fingerprint density at radius 3 is 2.83 bits per heavy atom. The highest BCUT2D eigenvalue weighted by Crippen LogP contribution is 2.36. The number of carbonyl (C=O) groups is 1. The number of hydrogen-bond acceptors (Lipinski definition) is 3. The number of phenolic OH excluding ortho intramolecular Hbond substituents is 1. The lowest BCUT2D eigenvalue weighted by atomic mass is 10.0. The third kappa shape index (κ3) is 3.17. The molecule has 2 aromatic carbocycles. The smallest absolute Gasteiger partial charge is 0.256 e. The molecule has 118 valence electrons. The van der Waals surface area contributed by atoms with Crippen LogP contribution in [0, 0.1) is 0 Å². The van der Waals surface area contributed by atoms with Crippen LogP contribution in [0.4, 0.5) is 5.69 Å². The normalized spacial score (nSPS) is 14.7. The number of rotatable bonds is 4. The topological polar surface area (TPSA) is 58.6 Å². The van der Waals surface area contributed by atoms with Gasteiger partial charge in [-0.3, -0.25) is 4.79 Å². The van der Waals surface area contributed by atoms with Crippen LogP contribution in [0.15, 0.2) is 36.4 Å². The van der Waals surface area contributed by atoms with Crippen LogP contribution in [-0.4, -0.2) is 17.6 Å². The van der Waals surface area contributed by atoms with Crippen molar-refractivity contribution in [3.05, 3.63) is 52.5 Å². The SMILES string of the molecule is CCCOc1ccc(C=C2C(=O)Nc3cc(Cl)ccc32)c(O)c1. The van der Waals surface area contributed by atoms with E-state index in [1.54, 1.807) is 42.5 Å². The Morgan fingerprint density at radius 1 is 1.26 bits per heavy atom. The summed E-state index contributed by atoms with van der Waals surface area (Å²) in [6.45, 7) is 2.61. The summed E-state index contributed by atoms with van der Waals surface area (Å²) in [6, 6.07) is 10.3. The highest BCUT2D eigenvalue weighted by molar-refractivity contribution is 6.36. The highest BCUT2D eigenvalue weighted by atomic mass is 35.5. The number of amides is 1. The number of ether oxygens (including phenoxy) is 1. The van der Waals surface area contributed by atoms with Crippen molar-refractivity contribution in [2.24, 2.45) is 0 Å². The molecule has 2 aromatic rings. The summed E-state index contributed by atoms with van der Waals surface area (Å²) in [5, 5.41) is 13.5. The van der Waals surface area contributed by atoms with E-state index in [0.29, 0.717) is 34.2 Å². The van der Waals surface area contributed by atoms with Gasteiger partial charge in [0.2, 0.25) is 0 Å². The van der Waals surface area contributed by atoms with Crippen molar-refractivity contribution < 1.29 is 14.6 Å². The average Bonchev–Trinajstić information content (AvgIpc) is 2.82. The van der Waals surface area contributed by atoms with Crippen molar-refractivity contribution >= 4 is 34.8 Å². The minimum atomic E-state index is -0.215. The van der Waals surface area contributed by atoms with Gasteiger partial charge in [0.15, 0.2) is 0 Å². The summed E-state index contributed by atoms with van der Waals surface area (Å²) in [6.07, 6.45) is 2.56. The van der Waals surface area contributed by atoms with E-state index in [0.717, 1.165) is 12.0 Å². The maximum absolute atomic E-state index is 12.1. The van der Waals surface area contributed by atoms with Crippen LogP contribution in [0.25, 0.3) is 11.6 Å². The second-order valence-electron chi connectivity index (χ2n) is 5.27. The van der Waals surface area contributed by atoms with Gasteiger partial charge in [-0.2, -0.15) is 0 Å². The Bertz CT molecular complexity index is 799. The summed E-state index contributed by atoms with van der Waals surface area (Å²) in [4.78, 5) is 12.1. The van der Waals surface area contributed by atoms with Gasteiger partial charge in [0, 0.05) is 27.8 Å². The Labute approximate surface area is 139 Å². The van der Waals surface area contributed by atoms with Crippen LogP contribution in [0.5, 0.6) is 11.5 Å². The number of phenols is 1. The molecule has 4 nitrogen and oxygen atoms in total. The fourth-order valence-electron chi connectivity index (χ4n) is 2.42. The van der Waals surface area contributed by atoms with Gasteiger partial charge in [0.05, 0.1) is 12.3 Å². The molecule has 0 fully saturated rings. The van der Waals surface area contributed by atoms with Crippen LogP contribution in [0.2, 0.25) is 5.02 Å². The molecule has 5 heteroatoms. The first-order valence-corrected chi connectivity index (χ1v) is 7.75. The first-order chi connectivity index (χ1) is 11.1. The molecule has 1 aliphatic heterocycles. The molecule has 0 aliphatic carbocycles. The van der Waals surface area contributed by atoms with E-state index in [4.69, 9.17) is 16.3 Å². The third-order valence-electron chi connectivity index (χ3n) is 3.54. The summed E-state index contributed by atoms with van der Waals surface area (Å²) < 4.78 is 5.48. The molecule has 0 unspecified atom stereocenters. The molecule has 0 spiro atoms. The van der Waals surface area contributed by atoms with Gasteiger partial charge in [-0.15, -0.1) is 0 Å². The van der Waals surface area contributed by atoms with E-state index in [2.05, 4.69) is 5.32 Å². The Kier molecular flexibility index (Phi) is 4.26. The maximum Gasteiger partial charge on any atom is 0.256 e. The molecule has 0 atom stereocenters. The molecule has 0 radical (unpaired) electrons. The molecule has 1 aliphatic rings. The number of halogens is 1. The Balaban J connectivity index is 1.95. The van der Waals surface area contributed by atoms with Crippen molar-refractivity contribution in [1.82, 2.24) is 0 Å². The summed E-state index contributed by atoms with van der Waals surface area (Å²) in [7, 11) is 0. The monoisotopic (exact) mass is 329 g/mol. The number of fused-ring (bicyclic) bond motifs is 1. The predicted octanol–water partition coefficient (Wildman–Crippen LogP) is 4.33. The van der Waals surface area contributed by atoms with E-state index < -0.39 is 0 Å². The predicted molar refractivity (Wildman–Crippen MR) is 91.8 cm³/mol. The number of aromatic hydroxyl groups is 1. The second-order valence-corrected chi connectivity index (χ2v) is 5.71. The molecule has 0 saturated carbocycles. The summed E-state index contributed by atoms with van der Waals surface area (Å²) in [5.74, 6) is 0.462. The van der Waals surface area contributed by atoms with E-state index >= 15 is 0 Å². The van der Waals surface area contributed by atoms with Crippen LogP contribution in [0.1, 0.15) is 24.5 Å². The molecule has 3 rings (SSSR count). The van der Waals surface area contributed by atoms with Crippen molar-refractivity contribution in [3.63, 3.8) is 0 Å². The van der Waals surface area contributed by atoms with Crippen LogP contribution in [-0.2, 0) is 4.79 Å². The number of hydrogen-bond donors (Lipinski definition) is 2. The van der Waals surface area contributed by atoms with E-state index in [-0.39, 0.29) is 11.7 Å². The largest absolute Gasteiger partial charge is 0.507 e. The lowest BCUT2D eigenvalue weighted by molar-refractivity contribution is -0.110. The molecule has 0 saturated heterocycles. The van der Waals surface area contributed by atoms with Gasteiger partial charge in [-0.1, -0.05) is 24.6 Å². The number of nitrogens with one attached hydrogen (secondary N) is 1. The van der Waals surface area contributed by atoms with Crippen LogP contribution >= 0.6 is 11.6 Å². The molecule has 23 heavy (non-hydrogen) atoms. The zero-order valence-corrected chi connectivity index (χ0v) is 13.4. The Hall–Kier alpha value is -2.46. The van der Waals surface area contributed by atoms with E-state index in [1.165, 1.54) is 0 Å². The standard InChI is InChI=1S/C18H16ClNO3/c1-2-7-23-13-5-3-11(17(21)10-13)8-15-14-6-4-12(19)9-16(14)20-18(15)22/h3-6,8-10,21H,2,7H2,1H3,(H,20,22). The fourth-order valence-corrected chi connectivity index (χ4v) is 2.59. The van der Waals surface area contributed by atoms with Gasteiger partial charge >= 0.3 is 0 Å². The third-order valence-corrected chi connectivity index (χ3v) is 3.77. The molecular weight excluding hydrogens is 314 g/mol.